The lowest BCUT2D eigenvalue weighted by Crippen LogP contribution is -2.46. The normalized spacial score (nSPS) is 26.0. The fourth-order valence-electron chi connectivity index (χ4n) is 1.52. The van der Waals surface area contributed by atoms with Crippen molar-refractivity contribution in [1.82, 2.24) is 4.72 Å². The highest BCUT2D eigenvalue weighted by atomic mass is 35.5. The molecule has 2 atom stereocenters. The largest absolute Gasteiger partial charge is 0.367 e. The van der Waals surface area contributed by atoms with E-state index in [0.717, 1.165) is 11.8 Å². The third kappa shape index (κ3) is 3.76. The number of nitrogens with two attached hydrogens (primary N) is 1. The van der Waals surface area contributed by atoms with Crippen molar-refractivity contribution in [1.29, 1.82) is 0 Å². The molecule has 1 aromatic rings. The Kier molecular flexibility index (Phi) is 3.39. The number of anilines is 1. The molecule has 7 nitrogen and oxygen atoms in total. The van der Waals surface area contributed by atoms with Crippen LogP contribution < -0.4 is 15.2 Å². The van der Waals surface area contributed by atoms with Gasteiger partial charge < -0.3 is 5.31 Å². The Labute approximate surface area is 145 Å². The van der Waals surface area contributed by atoms with Crippen molar-refractivity contribution in [2.75, 3.05) is 16.8 Å². The van der Waals surface area contributed by atoms with E-state index in [0.29, 0.717) is 5.31 Å². The molecule has 0 aromatic heterocycles. The van der Waals surface area contributed by atoms with Gasteiger partial charge in [-0.25, -0.2) is 22.0 Å². The third-order valence-corrected chi connectivity index (χ3v) is 5.79. The first-order chi connectivity index (χ1) is 12.3. The number of sulfonamides is 2. The summed E-state index contributed by atoms with van der Waals surface area (Å²) in [4.78, 5) is -2.14. The minimum absolute atomic E-state index is 0.0611. The minimum Gasteiger partial charge on any atom is -0.367 e. The quantitative estimate of drug-likeness (QED) is 0.646. The van der Waals surface area contributed by atoms with Crippen molar-refractivity contribution in [3.8, 4) is 0 Å². The van der Waals surface area contributed by atoms with Gasteiger partial charge in [-0.3, -0.25) is 0 Å². The second-order valence-corrected chi connectivity index (χ2v) is 8.38. The number of hydrogen-bond donors (Lipinski definition) is 3. The van der Waals surface area contributed by atoms with Gasteiger partial charge in [0, 0.05) is 12.9 Å². The highest BCUT2D eigenvalue weighted by molar-refractivity contribution is 7.99. The summed E-state index contributed by atoms with van der Waals surface area (Å²) in [5.41, 5.74) is -2.03. The van der Waals surface area contributed by atoms with E-state index in [4.69, 9.17) is 23.7 Å². The molecule has 2 unspecified atom stereocenters. The van der Waals surface area contributed by atoms with E-state index in [1.165, 1.54) is 6.08 Å². The molecule has 1 aromatic carbocycles. The van der Waals surface area contributed by atoms with Crippen molar-refractivity contribution >= 4 is 49.1 Å². The Morgan fingerprint density at radius 3 is 2.91 bits per heavy atom. The van der Waals surface area contributed by atoms with E-state index >= 15 is 0 Å². The van der Waals surface area contributed by atoms with Gasteiger partial charge in [0.05, 0.1) is 19.6 Å². The SMILES string of the molecule is [2H]c1c(Cl)c(S(N)(=O)=O)c([2H])c2c1N([2H])C(C([2H])SCC=C)N([2H])S2(=O)=O. The Morgan fingerprint density at radius 1 is 1.64 bits per heavy atom. The van der Waals surface area contributed by atoms with Gasteiger partial charge in [0.15, 0.2) is 1.41 Å². The number of fused-ring (bicyclic) bond motifs is 1. The predicted octanol–water partition coefficient (Wildman–Crippen LogP) is 0.937. The Bertz CT molecular complexity index is 1010. The molecule has 0 saturated carbocycles. The highest BCUT2D eigenvalue weighted by Crippen LogP contribution is 2.33. The van der Waals surface area contributed by atoms with Gasteiger partial charge in [-0.15, -0.1) is 6.58 Å². The second-order valence-electron chi connectivity index (χ2n) is 4.00. The van der Waals surface area contributed by atoms with Crippen molar-refractivity contribution in [2.24, 2.45) is 5.14 Å². The number of primary sulfonamides is 1. The molecular weight excluding hydrogens is 370 g/mol. The van der Waals surface area contributed by atoms with Crippen LogP contribution in [0.3, 0.4) is 0 Å². The Morgan fingerprint density at radius 2 is 2.32 bits per heavy atom. The molecule has 1 aliphatic heterocycles. The Balaban J connectivity index is 2.86. The lowest BCUT2D eigenvalue weighted by molar-refractivity contribution is 0.566. The molecule has 0 saturated heterocycles. The van der Waals surface area contributed by atoms with Crippen LogP contribution in [0.5, 0.6) is 0 Å². The minimum atomic E-state index is -4.83. The van der Waals surface area contributed by atoms with Crippen LogP contribution in [0, 0.1) is 0 Å². The van der Waals surface area contributed by atoms with Crippen molar-refractivity contribution in [3.63, 3.8) is 0 Å². The van der Waals surface area contributed by atoms with Gasteiger partial charge in [0.1, 0.15) is 11.2 Å². The van der Waals surface area contributed by atoms with E-state index in [2.05, 4.69) is 6.58 Å². The topological polar surface area (TPSA) is 118 Å². The van der Waals surface area contributed by atoms with Gasteiger partial charge in [-0.1, -0.05) is 17.7 Å². The lowest BCUT2D eigenvalue weighted by Gasteiger charge is -2.28. The predicted molar refractivity (Wildman–Crippen MR) is 88.1 cm³/mol. The van der Waals surface area contributed by atoms with Gasteiger partial charge in [0.25, 0.3) is 0 Å². The van der Waals surface area contributed by atoms with Crippen molar-refractivity contribution in [2.45, 2.75) is 16.0 Å². The number of hydrogen-bond acceptors (Lipinski definition) is 6. The average Bonchev–Trinajstić information content (AvgIpc) is 2.53. The van der Waals surface area contributed by atoms with E-state index < -0.39 is 64.5 Å². The summed E-state index contributed by atoms with van der Waals surface area (Å²) < 4.78 is 88.8. The van der Waals surface area contributed by atoms with Gasteiger partial charge in [0.2, 0.25) is 20.0 Å². The number of halogens is 1. The van der Waals surface area contributed by atoms with Crippen LogP contribution in [0.1, 0.15) is 4.11 Å². The van der Waals surface area contributed by atoms with Crippen LogP contribution in [0.25, 0.3) is 0 Å². The first-order valence-corrected chi connectivity index (χ1v) is 10.0. The molecule has 0 amide bonds. The molecule has 22 heavy (non-hydrogen) atoms. The first kappa shape index (κ1) is 11.7. The molecule has 0 spiro atoms. The van der Waals surface area contributed by atoms with Crippen LogP contribution in [-0.4, -0.2) is 34.5 Å². The van der Waals surface area contributed by atoms with Crippen LogP contribution in [0.15, 0.2) is 34.5 Å². The maximum atomic E-state index is 12.7. The highest BCUT2D eigenvalue weighted by Gasteiger charge is 2.31. The summed E-state index contributed by atoms with van der Waals surface area (Å²) in [5.74, 6) is 0.238. The molecule has 2 rings (SSSR count). The molecule has 0 aliphatic carbocycles. The maximum absolute atomic E-state index is 12.7. The van der Waals surface area contributed by atoms with E-state index in [1.807, 2.05) is 0 Å². The van der Waals surface area contributed by atoms with Gasteiger partial charge in [-0.05, 0) is 12.1 Å². The zero-order valence-electron chi connectivity index (χ0n) is 15.9. The van der Waals surface area contributed by atoms with Gasteiger partial charge >= 0.3 is 0 Å². The summed E-state index contributed by atoms with van der Waals surface area (Å²) in [7, 11) is -9.50. The van der Waals surface area contributed by atoms with Crippen LogP contribution in [0.2, 0.25) is 7.85 Å². The zero-order valence-corrected chi connectivity index (χ0v) is 14.1. The third-order valence-electron chi connectivity index (χ3n) is 2.35. The van der Waals surface area contributed by atoms with Crippen molar-refractivity contribution in [3.05, 3.63) is 29.8 Å². The Hall–Kier alpha value is -0.780. The molecule has 4 N–H and O–H groups in total. The van der Waals surface area contributed by atoms with Crippen LogP contribution >= 0.6 is 23.4 Å². The summed E-state index contributed by atoms with van der Waals surface area (Å²) in [6, 6.07) is -1.99. The lowest BCUT2D eigenvalue weighted by atomic mass is 10.3. The summed E-state index contributed by atoms with van der Waals surface area (Å²) in [6.07, 6.45) is -0.222. The molecule has 0 radical (unpaired) electrons. The first-order valence-electron chi connectivity index (χ1n) is 8.07. The maximum Gasteiger partial charge on any atom is 0.244 e. The fraction of sp³-hybridized carbons (Fsp3) is 0.273. The summed E-state index contributed by atoms with van der Waals surface area (Å²) in [6.45, 7) is 3.47. The molecule has 122 valence electrons. The van der Waals surface area contributed by atoms with E-state index in [-0.39, 0.29) is 10.5 Å². The summed E-state index contributed by atoms with van der Waals surface area (Å²) in [5, 5.41) is 4.56. The second kappa shape index (κ2) is 6.38. The molecule has 1 aliphatic rings. The number of thioether (sulfide) groups is 1. The van der Waals surface area contributed by atoms with E-state index in [1.54, 1.807) is 0 Å². The standard InChI is InChI=1S/C11H14ClN3O4S3/c1-2-3-20-6-11-14-8-4-7(12)9(21(13,16)17)5-10(8)22(18,19)15-11/h2,4-5,11,14-15H,1,3,6H2,(H2,13,16,17)/i4D,5D,6D/hD2. The fourth-order valence-corrected chi connectivity index (χ4v) is 4.29. The monoisotopic (exact) mass is 388 g/mol. The molecule has 0 bridgehead atoms. The number of nitrogens with one attached hydrogen (secondary N) is 2. The van der Waals surface area contributed by atoms with Gasteiger partial charge in [-0.2, -0.15) is 16.5 Å². The van der Waals surface area contributed by atoms with Crippen LogP contribution in [0.4, 0.5) is 5.69 Å². The zero-order chi connectivity index (χ0) is 20.9. The van der Waals surface area contributed by atoms with E-state index in [9.17, 15) is 16.8 Å². The smallest absolute Gasteiger partial charge is 0.244 e. The molecule has 1 heterocycles. The van der Waals surface area contributed by atoms with Crippen molar-refractivity contribution < 1.29 is 23.8 Å². The summed E-state index contributed by atoms with van der Waals surface area (Å²) >= 11 is 6.72. The average molecular weight is 389 g/mol. The number of benzene rings is 1. The number of rotatable bonds is 5. The molecule has 0 fully saturated rings. The molecular formula is C11H14ClN3O4S3. The van der Waals surface area contributed by atoms with Crippen LogP contribution in [-0.2, 0) is 20.0 Å². The molecule has 11 heteroatoms.